The molecule has 1 rings (SSSR count). The normalized spacial score (nSPS) is 28.9. The fourth-order valence-corrected chi connectivity index (χ4v) is 3.54. The molecule has 0 radical (unpaired) electrons. The van der Waals surface area contributed by atoms with Gasteiger partial charge < -0.3 is 20.9 Å². The first-order chi connectivity index (χ1) is 9.87. The minimum atomic E-state index is -0.884. The summed E-state index contributed by atoms with van der Waals surface area (Å²) in [5.74, 6) is -1.31. The minimum Gasteiger partial charge on any atom is -0.469 e. The van der Waals surface area contributed by atoms with Crippen LogP contribution < -0.4 is 11.1 Å². The average molecular weight is 337 g/mol. The summed E-state index contributed by atoms with van der Waals surface area (Å²) in [6.45, 7) is 5.56. The van der Waals surface area contributed by atoms with Crippen LogP contribution >= 0.6 is 12.4 Å². The summed E-state index contributed by atoms with van der Waals surface area (Å²) in [7, 11) is 1.31. The first-order valence-corrected chi connectivity index (χ1v) is 7.65. The molecule has 1 fully saturated rings. The van der Waals surface area contributed by atoms with E-state index in [9.17, 15) is 14.7 Å². The van der Waals surface area contributed by atoms with Crippen LogP contribution in [0.25, 0.3) is 0 Å². The van der Waals surface area contributed by atoms with Crippen molar-refractivity contribution in [3.8, 4) is 0 Å². The van der Waals surface area contributed by atoms with Gasteiger partial charge in [-0.15, -0.1) is 12.4 Å². The maximum atomic E-state index is 11.7. The number of hydrogen-bond donors (Lipinski definition) is 3. The second-order valence-electron chi connectivity index (χ2n) is 5.90. The Hall–Kier alpha value is -0.850. The summed E-state index contributed by atoms with van der Waals surface area (Å²) in [6.07, 6.45) is 1.25. The van der Waals surface area contributed by atoms with Crippen molar-refractivity contribution in [2.24, 2.45) is 23.5 Å². The molecular weight excluding hydrogens is 308 g/mol. The van der Waals surface area contributed by atoms with Gasteiger partial charge in [0.15, 0.2) is 0 Å². The van der Waals surface area contributed by atoms with Gasteiger partial charge in [-0.3, -0.25) is 9.59 Å². The number of ether oxygens (including phenoxy) is 1. The van der Waals surface area contributed by atoms with Crippen molar-refractivity contribution >= 4 is 24.3 Å². The van der Waals surface area contributed by atoms with Crippen LogP contribution in [0.3, 0.4) is 0 Å². The van der Waals surface area contributed by atoms with E-state index in [-0.39, 0.29) is 42.2 Å². The third kappa shape index (κ3) is 4.57. The Morgan fingerprint density at radius 1 is 1.36 bits per heavy atom. The fraction of sp³-hybridized carbons (Fsp3) is 0.867. The highest BCUT2D eigenvalue weighted by Crippen LogP contribution is 2.37. The lowest BCUT2D eigenvalue weighted by atomic mass is 9.80. The Labute approximate surface area is 138 Å². The number of carbonyl (C=O) groups excluding carboxylic acids is 2. The molecule has 7 heteroatoms. The number of halogens is 1. The molecule has 1 saturated carbocycles. The molecule has 1 amide bonds. The number of esters is 1. The highest BCUT2D eigenvalue weighted by atomic mass is 35.5. The third-order valence-corrected chi connectivity index (χ3v) is 4.67. The van der Waals surface area contributed by atoms with Gasteiger partial charge in [-0.25, -0.2) is 0 Å². The Balaban J connectivity index is 0.00000441. The largest absolute Gasteiger partial charge is 0.469 e. The van der Waals surface area contributed by atoms with Crippen LogP contribution in [0.15, 0.2) is 0 Å². The smallest absolute Gasteiger partial charge is 0.311 e. The van der Waals surface area contributed by atoms with E-state index in [1.807, 2.05) is 13.8 Å². The third-order valence-electron chi connectivity index (χ3n) is 4.67. The van der Waals surface area contributed by atoms with Gasteiger partial charge in [-0.1, -0.05) is 26.7 Å². The van der Waals surface area contributed by atoms with Crippen molar-refractivity contribution in [2.45, 2.75) is 58.2 Å². The monoisotopic (exact) mass is 336 g/mol. The Bertz CT molecular complexity index is 377. The van der Waals surface area contributed by atoms with Crippen molar-refractivity contribution in [1.82, 2.24) is 5.32 Å². The molecule has 0 spiro atoms. The predicted molar refractivity (Wildman–Crippen MR) is 86.5 cm³/mol. The summed E-state index contributed by atoms with van der Waals surface area (Å²) in [5.41, 5.74) is 6.16. The first-order valence-electron chi connectivity index (χ1n) is 7.65. The molecule has 6 nitrogen and oxygen atoms in total. The standard InChI is InChI=1S/C15H28N2O4.ClH/c1-5-9(6-2)13(17-8(3)18)12-11(16)7-10(14(12)19)15(20)21-4;/h9-14,19H,5-7,16H2,1-4H3,(H,17,18);1H/t10-,11+,12+,13?,14+;/m0./s1. The van der Waals surface area contributed by atoms with Gasteiger partial charge in [-0.05, 0) is 12.3 Å². The maximum Gasteiger partial charge on any atom is 0.311 e. The van der Waals surface area contributed by atoms with E-state index in [4.69, 9.17) is 10.5 Å². The summed E-state index contributed by atoms with van der Waals surface area (Å²) >= 11 is 0. The molecule has 0 aromatic heterocycles. The predicted octanol–water partition coefficient (Wildman–Crippen LogP) is 0.846. The van der Waals surface area contributed by atoms with Crippen LogP contribution in [0.1, 0.15) is 40.0 Å². The van der Waals surface area contributed by atoms with E-state index in [1.165, 1.54) is 14.0 Å². The van der Waals surface area contributed by atoms with E-state index < -0.39 is 18.0 Å². The molecule has 1 aliphatic carbocycles. The first kappa shape index (κ1) is 21.1. The average Bonchev–Trinajstić information content (AvgIpc) is 2.73. The van der Waals surface area contributed by atoms with Crippen molar-refractivity contribution < 1.29 is 19.4 Å². The van der Waals surface area contributed by atoms with Gasteiger partial charge in [-0.2, -0.15) is 0 Å². The quantitative estimate of drug-likeness (QED) is 0.624. The van der Waals surface area contributed by atoms with Crippen LogP contribution in [0.5, 0.6) is 0 Å². The van der Waals surface area contributed by atoms with Gasteiger partial charge >= 0.3 is 5.97 Å². The van der Waals surface area contributed by atoms with Crippen molar-refractivity contribution in [3.05, 3.63) is 0 Å². The van der Waals surface area contributed by atoms with E-state index in [2.05, 4.69) is 5.32 Å². The molecule has 22 heavy (non-hydrogen) atoms. The van der Waals surface area contributed by atoms with Crippen molar-refractivity contribution in [2.75, 3.05) is 7.11 Å². The summed E-state index contributed by atoms with van der Waals surface area (Å²) in [6, 6.07) is -0.557. The molecule has 0 saturated heterocycles. The molecule has 1 aliphatic rings. The number of methoxy groups -OCH3 is 1. The van der Waals surface area contributed by atoms with E-state index in [1.54, 1.807) is 0 Å². The lowest BCUT2D eigenvalue weighted by Gasteiger charge is -2.35. The molecule has 0 heterocycles. The number of rotatable bonds is 6. The van der Waals surface area contributed by atoms with E-state index in [0.717, 1.165) is 12.8 Å². The Morgan fingerprint density at radius 2 is 1.91 bits per heavy atom. The number of hydrogen-bond acceptors (Lipinski definition) is 5. The number of carbonyl (C=O) groups is 2. The van der Waals surface area contributed by atoms with E-state index in [0.29, 0.717) is 6.42 Å². The van der Waals surface area contributed by atoms with Crippen LogP contribution in [0.2, 0.25) is 0 Å². The lowest BCUT2D eigenvalue weighted by Crippen LogP contribution is -2.52. The molecular formula is C15H29ClN2O4. The molecule has 5 atom stereocenters. The summed E-state index contributed by atoms with van der Waals surface area (Å²) in [4.78, 5) is 23.3. The molecule has 4 N–H and O–H groups in total. The SMILES string of the molecule is CCC(CC)C(NC(C)=O)[C@@H]1[C@H](O)[C@@H](C(=O)OC)C[C@H]1N.Cl. The zero-order valence-electron chi connectivity index (χ0n) is 13.7. The molecule has 1 unspecified atom stereocenters. The van der Waals surface area contributed by atoms with Gasteiger partial charge in [0.2, 0.25) is 5.91 Å². The molecule has 130 valence electrons. The Morgan fingerprint density at radius 3 is 2.32 bits per heavy atom. The lowest BCUT2D eigenvalue weighted by molar-refractivity contribution is -0.149. The van der Waals surface area contributed by atoms with Crippen LogP contribution in [-0.4, -0.2) is 42.3 Å². The maximum absolute atomic E-state index is 11.7. The highest BCUT2D eigenvalue weighted by Gasteiger charge is 2.49. The zero-order valence-corrected chi connectivity index (χ0v) is 14.6. The van der Waals surface area contributed by atoms with Crippen molar-refractivity contribution in [1.29, 1.82) is 0 Å². The fourth-order valence-electron chi connectivity index (χ4n) is 3.54. The minimum absolute atomic E-state index is 0. The number of nitrogens with two attached hydrogens (primary N) is 1. The van der Waals surface area contributed by atoms with Gasteiger partial charge in [0.25, 0.3) is 0 Å². The van der Waals surface area contributed by atoms with Crippen LogP contribution in [0, 0.1) is 17.8 Å². The number of nitrogens with one attached hydrogen (secondary N) is 1. The molecule has 0 aromatic carbocycles. The molecule has 0 aromatic rings. The topological polar surface area (TPSA) is 102 Å². The van der Waals surface area contributed by atoms with Crippen molar-refractivity contribution in [3.63, 3.8) is 0 Å². The van der Waals surface area contributed by atoms with Gasteiger partial charge in [0, 0.05) is 24.9 Å². The number of amides is 1. The highest BCUT2D eigenvalue weighted by molar-refractivity contribution is 5.85. The molecule has 0 aliphatic heterocycles. The zero-order chi connectivity index (χ0) is 16.2. The Kier molecular flexibility index (Phi) is 8.96. The second-order valence-corrected chi connectivity index (χ2v) is 5.90. The number of aliphatic hydroxyl groups excluding tert-OH is 1. The number of aliphatic hydroxyl groups is 1. The molecule has 0 bridgehead atoms. The van der Waals surface area contributed by atoms with Gasteiger partial charge in [0.1, 0.15) is 0 Å². The summed E-state index contributed by atoms with van der Waals surface area (Å²) < 4.78 is 4.73. The van der Waals surface area contributed by atoms with E-state index >= 15 is 0 Å². The van der Waals surface area contributed by atoms with Crippen LogP contribution in [0.4, 0.5) is 0 Å². The van der Waals surface area contributed by atoms with Crippen LogP contribution in [-0.2, 0) is 14.3 Å². The summed E-state index contributed by atoms with van der Waals surface area (Å²) in [5, 5.41) is 13.4. The second kappa shape index (κ2) is 9.33. The van der Waals surface area contributed by atoms with Gasteiger partial charge in [0.05, 0.1) is 19.1 Å².